The Morgan fingerprint density at radius 1 is 1.27 bits per heavy atom. The average Bonchev–Trinajstić information content (AvgIpc) is 2.49. The standard InChI is InChI=1S/C15H18F3NO3/c1-3-4-9-12(14(21)22-2)19-13(20)10-7-5-6-8-11(10)15(16,17)18/h5-8,12H,3-4,9H2,1-2H3,(H,19,20)/t12-/m0/s1. The van der Waals surface area contributed by atoms with Gasteiger partial charge in [0.15, 0.2) is 0 Å². The van der Waals surface area contributed by atoms with E-state index in [4.69, 9.17) is 0 Å². The first-order chi connectivity index (χ1) is 10.3. The number of hydrogen-bond donors (Lipinski definition) is 1. The van der Waals surface area contributed by atoms with Gasteiger partial charge in [-0.2, -0.15) is 13.2 Å². The molecule has 7 heteroatoms. The lowest BCUT2D eigenvalue weighted by Crippen LogP contribution is -2.42. The number of carbonyl (C=O) groups is 2. The van der Waals surface area contributed by atoms with Crippen LogP contribution >= 0.6 is 0 Å². The van der Waals surface area contributed by atoms with Crippen LogP contribution in [-0.4, -0.2) is 25.0 Å². The second-order valence-corrected chi connectivity index (χ2v) is 4.73. The van der Waals surface area contributed by atoms with E-state index in [1.807, 2.05) is 6.92 Å². The molecule has 0 aliphatic carbocycles. The fraction of sp³-hybridized carbons (Fsp3) is 0.467. The molecule has 0 aliphatic rings. The number of unbranched alkanes of at least 4 members (excludes halogenated alkanes) is 1. The Morgan fingerprint density at radius 2 is 1.91 bits per heavy atom. The summed E-state index contributed by atoms with van der Waals surface area (Å²) in [4.78, 5) is 23.7. The predicted octanol–water partition coefficient (Wildman–Crippen LogP) is 3.17. The number of carbonyl (C=O) groups excluding carboxylic acids is 2. The maximum atomic E-state index is 12.9. The molecule has 4 nitrogen and oxygen atoms in total. The molecule has 0 aliphatic heterocycles. The highest BCUT2D eigenvalue weighted by molar-refractivity contribution is 5.98. The van der Waals surface area contributed by atoms with Crippen molar-refractivity contribution in [1.82, 2.24) is 5.32 Å². The molecule has 0 saturated heterocycles. The molecular weight excluding hydrogens is 299 g/mol. The van der Waals surface area contributed by atoms with Gasteiger partial charge in [-0.05, 0) is 18.6 Å². The number of benzene rings is 1. The van der Waals surface area contributed by atoms with Crippen molar-refractivity contribution in [3.8, 4) is 0 Å². The van der Waals surface area contributed by atoms with Crippen molar-refractivity contribution < 1.29 is 27.5 Å². The van der Waals surface area contributed by atoms with E-state index in [9.17, 15) is 22.8 Å². The summed E-state index contributed by atoms with van der Waals surface area (Å²) in [5.41, 5.74) is -1.55. The Hall–Kier alpha value is -2.05. The maximum absolute atomic E-state index is 12.9. The zero-order valence-corrected chi connectivity index (χ0v) is 12.4. The van der Waals surface area contributed by atoms with E-state index in [-0.39, 0.29) is 0 Å². The lowest BCUT2D eigenvalue weighted by molar-refractivity contribution is -0.143. The molecule has 0 aromatic heterocycles. The molecule has 0 fully saturated rings. The molecule has 0 bridgehead atoms. The number of methoxy groups -OCH3 is 1. The van der Waals surface area contributed by atoms with Crippen molar-refractivity contribution in [2.45, 2.75) is 38.4 Å². The van der Waals surface area contributed by atoms with Crippen LogP contribution < -0.4 is 5.32 Å². The Bertz CT molecular complexity index is 529. The van der Waals surface area contributed by atoms with Gasteiger partial charge in [-0.3, -0.25) is 4.79 Å². The minimum Gasteiger partial charge on any atom is -0.467 e. The van der Waals surface area contributed by atoms with Gasteiger partial charge in [-0.15, -0.1) is 0 Å². The normalized spacial score (nSPS) is 12.6. The molecule has 0 heterocycles. The highest BCUT2D eigenvalue weighted by atomic mass is 19.4. The van der Waals surface area contributed by atoms with Crippen LogP contribution in [0, 0.1) is 0 Å². The molecular formula is C15H18F3NO3. The van der Waals surface area contributed by atoms with Crippen LogP contribution in [0.4, 0.5) is 13.2 Å². The van der Waals surface area contributed by atoms with Crippen molar-refractivity contribution >= 4 is 11.9 Å². The maximum Gasteiger partial charge on any atom is 0.417 e. The van der Waals surface area contributed by atoms with E-state index in [2.05, 4.69) is 10.1 Å². The first-order valence-corrected chi connectivity index (χ1v) is 6.86. The van der Waals surface area contributed by atoms with E-state index in [0.29, 0.717) is 12.8 Å². The molecule has 1 aromatic rings. The number of ether oxygens (including phenoxy) is 1. The summed E-state index contributed by atoms with van der Waals surface area (Å²) in [6.45, 7) is 1.90. The highest BCUT2D eigenvalue weighted by Crippen LogP contribution is 2.31. The molecule has 0 radical (unpaired) electrons. The predicted molar refractivity (Wildman–Crippen MR) is 74.2 cm³/mol. The number of amides is 1. The zero-order valence-electron chi connectivity index (χ0n) is 12.4. The molecule has 0 spiro atoms. The molecule has 1 aromatic carbocycles. The van der Waals surface area contributed by atoms with Gasteiger partial charge < -0.3 is 10.1 Å². The molecule has 1 N–H and O–H groups in total. The van der Waals surface area contributed by atoms with Crippen LogP contribution in [0.1, 0.15) is 42.1 Å². The number of esters is 1. The summed E-state index contributed by atoms with van der Waals surface area (Å²) >= 11 is 0. The SMILES string of the molecule is CCCC[C@H](NC(=O)c1ccccc1C(F)(F)F)C(=O)OC. The van der Waals surface area contributed by atoms with Gasteiger partial charge in [0.1, 0.15) is 6.04 Å². The van der Waals surface area contributed by atoms with Gasteiger partial charge in [0, 0.05) is 0 Å². The van der Waals surface area contributed by atoms with Crippen LogP contribution in [0.5, 0.6) is 0 Å². The first kappa shape index (κ1) is 18.0. The lowest BCUT2D eigenvalue weighted by atomic mass is 10.0. The lowest BCUT2D eigenvalue weighted by Gasteiger charge is -2.18. The van der Waals surface area contributed by atoms with Crippen LogP contribution in [0.2, 0.25) is 0 Å². The van der Waals surface area contributed by atoms with Gasteiger partial charge in [0.2, 0.25) is 0 Å². The Balaban J connectivity index is 2.98. The number of nitrogens with one attached hydrogen (secondary N) is 1. The molecule has 1 rings (SSSR count). The van der Waals surface area contributed by atoms with Crippen LogP contribution in [0.15, 0.2) is 24.3 Å². The van der Waals surface area contributed by atoms with Gasteiger partial charge in [0.05, 0.1) is 18.2 Å². The summed E-state index contributed by atoms with van der Waals surface area (Å²) < 4.78 is 43.3. The molecule has 1 atom stereocenters. The van der Waals surface area contributed by atoms with E-state index in [1.165, 1.54) is 12.1 Å². The third-order valence-corrected chi connectivity index (χ3v) is 3.11. The van der Waals surface area contributed by atoms with Crippen LogP contribution in [-0.2, 0) is 15.7 Å². The summed E-state index contributed by atoms with van der Waals surface area (Å²) in [6.07, 6.45) is -2.91. The van der Waals surface area contributed by atoms with Crippen molar-refractivity contribution in [3.63, 3.8) is 0 Å². The van der Waals surface area contributed by atoms with E-state index in [0.717, 1.165) is 25.7 Å². The van der Waals surface area contributed by atoms with E-state index >= 15 is 0 Å². The first-order valence-electron chi connectivity index (χ1n) is 6.86. The minimum absolute atomic E-state index is 0.309. The number of hydrogen-bond acceptors (Lipinski definition) is 3. The van der Waals surface area contributed by atoms with E-state index in [1.54, 1.807) is 0 Å². The Labute approximate surface area is 126 Å². The molecule has 22 heavy (non-hydrogen) atoms. The number of alkyl halides is 3. The van der Waals surface area contributed by atoms with E-state index < -0.39 is 35.2 Å². The zero-order chi connectivity index (χ0) is 16.8. The Kier molecular flexibility index (Phi) is 6.39. The third-order valence-electron chi connectivity index (χ3n) is 3.11. The second kappa shape index (κ2) is 7.82. The van der Waals surface area contributed by atoms with Crippen molar-refractivity contribution in [2.75, 3.05) is 7.11 Å². The molecule has 0 unspecified atom stereocenters. The topological polar surface area (TPSA) is 55.4 Å². The van der Waals surface area contributed by atoms with Gasteiger partial charge in [-0.1, -0.05) is 31.9 Å². The monoisotopic (exact) mass is 317 g/mol. The smallest absolute Gasteiger partial charge is 0.417 e. The fourth-order valence-electron chi connectivity index (χ4n) is 1.96. The van der Waals surface area contributed by atoms with Crippen LogP contribution in [0.3, 0.4) is 0 Å². The average molecular weight is 317 g/mol. The van der Waals surface area contributed by atoms with Gasteiger partial charge in [0.25, 0.3) is 5.91 Å². The molecule has 1 amide bonds. The van der Waals surface area contributed by atoms with Gasteiger partial charge in [-0.25, -0.2) is 4.79 Å². The molecule has 122 valence electrons. The summed E-state index contributed by atoms with van der Waals surface area (Å²) in [6, 6.07) is 3.48. The van der Waals surface area contributed by atoms with Crippen molar-refractivity contribution in [3.05, 3.63) is 35.4 Å². The largest absolute Gasteiger partial charge is 0.467 e. The molecule has 0 saturated carbocycles. The highest BCUT2D eigenvalue weighted by Gasteiger charge is 2.35. The van der Waals surface area contributed by atoms with Gasteiger partial charge >= 0.3 is 12.1 Å². The quantitative estimate of drug-likeness (QED) is 0.820. The van der Waals surface area contributed by atoms with Crippen LogP contribution in [0.25, 0.3) is 0 Å². The number of halogens is 3. The third kappa shape index (κ3) is 4.75. The second-order valence-electron chi connectivity index (χ2n) is 4.73. The Morgan fingerprint density at radius 3 is 2.45 bits per heavy atom. The fourth-order valence-corrected chi connectivity index (χ4v) is 1.96. The summed E-state index contributed by atoms with van der Waals surface area (Å²) in [5.74, 6) is -1.62. The van der Waals surface area contributed by atoms with Crippen molar-refractivity contribution in [1.29, 1.82) is 0 Å². The summed E-state index contributed by atoms with van der Waals surface area (Å²) in [5, 5.41) is 2.32. The summed E-state index contributed by atoms with van der Waals surface area (Å²) in [7, 11) is 1.16. The van der Waals surface area contributed by atoms with Crippen molar-refractivity contribution in [2.24, 2.45) is 0 Å². The minimum atomic E-state index is -4.64. The number of rotatable bonds is 6.